The maximum absolute atomic E-state index is 13.0. The summed E-state index contributed by atoms with van der Waals surface area (Å²) in [6.07, 6.45) is 8.21. The summed E-state index contributed by atoms with van der Waals surface area (Å²) in [5, 5.41) is 3.07. The van der Waals surface area contributed by atoms with Crippen molar-refractivity contribution in [2.75, 3.05) is 5.32 Å². The molecule has 0 spiro atoms. The van der Waals surface area contributed by atoms with Gasteiger partial charge >= 0.3 is 0 Å². The number of hydrogen-bond acceptors (Lipinski definition) is 3. The van der Waals surface area contributed by atoms with Gasteiger partial charge in [-0.15, -0.1) is 0 Å². The van der Waals surface area contributed by atoms with E-state index in [1.807, 2.05) is 29.2 Å². The Kier molecular flexibility index (Phi) is 4.98. The summed E-state index contributed by atoms with van der Waals surface area (Å²) in [5.74, 6) is 0.693. The number of anilines is 1. The van der Waals surface area contributed by atoms with E-state index in [0.717, 1.165) is 62.6 Å². The van der Waals surface area contributed by atoms with Gasteiger partial charge in [0.1, 0.15) is 0 Å². The molecule has 2 atom stereocenters. The highest BCUT2D eigenvalue weighted by molar-refractivity contribution is 5.94. The average Bonchev–Trinajstić information content (AvgIpc) is 3.53. The Morgan fingerprint density at radius 1 is 1.00 bits per heavy atom. The Hall–Kier alpha value is -1.88. The normalized spacial score (nSPS) is 25.6. The van der Waals surface area contributed by atoms with E-state index in [2.05, 4.69) is 5.32 Å². The second kappa shape index (κ2) is 7.39. The van der Waals surface area contributed by atoms with E-state index in [0.29, 0.717) is 6.54 Å². The van der Waals surface area contributed by atoms with Crippen molar-refractivity contribution in [2.45, 2.75) is 70.0 Å². The van der Waals surface area contributed by atoms with Crippen LogP contribution in [0.3, 0.4) is 0 Å². The molecule has 5 nitrogen and oxygen atoms in total. The van der Waals surface area contributed by atoms with Crippen molar-refractivity contribution in [3.63, 3.8) is 0 Å². The number of benzene rings is 1. The molecular weight excluding hydrogens is 326 g/mol. The zero-order valence-electron chi connectivity index (χ0n) is 15.3. The van der Waals surface area contributed by atoms with Gasteiger partial charge in [0.05, 0.1) is 0 Å². The second-order valence-corrected chi connectivity index (χ2v) is 8.18. The van der Waals surface area contributed by atoms with Crippen LogP contribution in [-0.2, 0) is 16.1 Å². The molecule has 0 radical (unpaired) electrons. The van der Waals surface area contributed by atoms with Gasteiger partial charge in [0.15, 0.2) is 0 Å². The monoisotopic (exact) mass is 355 g/mol. The predicted molar refractivity (Wildman–Crippen MR) is 101 cm³/mol. The molecule has 0 aliphatic heterocycles. The van der Waals surface area contributed by atoms with E-state index < -0.39 is 0 Å². The molecule has 2 unspecified atom stereocenters. The molecule has 3 aliphatic rings. The fraction of sp³-hybridized carbons (Fsp3) is 0.619. The fourth-order valence-corrected chi connectivity index (χ4v) is 3.99. The Morgan fingerprint density at radius 3 is 2.38 bits per heavy atom. The maximum atomic E-state index is 13.0. The number of carbonyl (C=O) groups is 2. The third-order valence-electron chi connectivity index (χ3n) is 5.96. The van der Waals surface area contributed by atoms with Crippen LogP contribution in [0.15, 0.2) is 24.3 Å². The first-order valence-electron chi connectivity index (χ1n) is 10.1. The van der Waals surface area contributed by atoms with E-state index >= 15 is 0 Å². The van der Waals surface area contributed by atoms with Crippen LogP contribution in [-0.4, -0.2) is 28.8 Å². The van der Waals surface area contributed by atoms with Crippen LogP contribution in [0.4, 0.5) is 5.69 Å². The number of nitrogens with one attached hydrogen (secondary N) is 1. The molecule has 4 rings (SSSR count). The molecule has 2 amide bonds. The van der Waals surface area contributed by atoms with Gasteiger partial charge in [-0.3, -0.25) is 9.59 Å². The second-order valence-electron chi connectivity index (χ2n) is 8.18. The quantitative estimate of drug-likeness (QED) is 0.823. The first-order valence-corrected chi connectivity index (χ1v) is 10.1. The van der Waals surface area contributed by atoms with Crippen LogP contribution in [0.1, 0.15) is 56.9 Å². The lowest BCUT2D eigenvalue weighted by Crippen LogP contribution is -2.52. The summed E-state index contributed by atoms with van der Waals surface area (Å²) in [5.41, 5.74) is 8.24. The molecule has 1 aromatic carbocycles. The first kappa shape index (κ1) is 17.5. The third kappa shape index (κ3) is 3.93. The number of para-hydroxylation sites is 1. The smallest absolute Gasteiger partial charge is 0.227 e. The highest BCUT2D eigenvalue weighted by atomic mass is 16.2. The highest BCUT2D eigenvalue weighted by Crippen LogP contribution is 2.35. The summed E-state index contributed by atoms with van der Waals surface area (Å²) in [7, 11) is 0. The zero-order chi connectivity index (χ0) is 18.1. The SMILES string of the molecule is NC1CCCCC1N(Cc1ccccc1NC(=O)C1CC1)C(=O)C1CC1. The number of amides is 2. The molecule has 0 saturated heterocycles. The number of hydrogen-bond donors (Lipinski definition) is 2. The molecule has 1 aromatic rings. The van der Waals surface area contributed by atoms with Crippen LogP contribution in [0.25, 0.3) is 0 Å². The van der Waals surface area contributed by atoms with Gasteiger partial charge in [0.2, 0.25) is 11.8 Å². The topological polar surface area (TPSA) is 75.4 Å². The van der Waals surface area contributed by atoms with Gasteiger partial charge < -0.3 is 16.0 Å². The van der Waals surface area contributed by atoms with Crippen LogP contribution < -0.4 is 11.1 Å². The maximum Gasteiger partial charge on any atom is 0.227 e. The minimum atomic E-state index is 0.0552. The summed E-state index contributed by atoms with van der Waals surface area (Å²) in [4.78, 5) is 27.2. The molecule has 3 saturated carbocycles. The van der Waals surface area contributed by atoms with Crippen molar-refractivity contribution in [1.29, 1.82) is 0 Å². The summed E-state index contributed by atoms with van der Waals surface area (Å²) < 4.78 is 0. The fourth-order valence-electron chi connectivity index (χ4n) is 3.99. The molecule has 5 heteroatoms. The lowest BCUT2D eigenvalue weighted by atomic mass is 9.89. The lowest BCUT2D eigenvalue weighted by Gasteiger charge is -2.39. The van der Waals surface area contributed by atoms with Crippen LogP contribution >= 0.6 is 0 Å². The highest BCUT2D eigenvalue weighted by Gasteiger charge is 2.39. The Bertz CT molecular complexity index is 682. The summed E-state index contributed by atoms with van der Waals surface area (Å²) >= 11 is 0. The van der Waals surface area contributed by atoms with E-state index in [9.17, 15) is 9.59 Å². The van der Waals surface area contributed by atoms with E-state index in [4.69, 9.17) is 5.73 Å². The molecule has 140 valence electrons. The molecule has 3 aliphatic carbocycles. The Labute approximate surface area is 155 Å². The van der Waals surface area contributed by atoms with E-state index in [1.165, 1.54) is 0 Å². The number of rotatable bonds is 6. The molecule has 26 heavy (non-hydrogen) atoms. The molecule has 0 heterocycles. The van der Waals surface area contributed by atoms with Crippen molar-refractivity contribution in [1.82, 2.24) is 4.90 Å². The molecule has 0 bridgehead atoms. The standard InChI is InChI=1S/C21H29N3O2/c22-17-6-2-4-8-19(17)24(21(26)15-11-12-15)13-16-5-1-3-7-18(16)23-20(25)14-9-10-14/h1,3,5,7,14-15,17,19H,2,4,6,8-13,22H2,(H,23,25). The van der Waals surface area contributed by atoms with Gasteiger partial charge in [-0.2, -0.15) is 0 Å². The number of nitrogens with two attached hydrogens (primary N) is 1. The van der Waals surface area contributed by atoms with Crippen molar-refractivity contribution >= 4 is 17.5 Å². The molecule has 3 fully saturated rings. The van der Waals surface area contributed by atoms with Crippen molar-refractivity contribution < 1.29 is 9.59 Å². The zero-order valence-corrected chi connectivity index (χ0v) is 15.3. The Balaban J connectivity index is 1.55. The Morgan fingerprint density at radius 2 is 1.69 bits per heavy atom. The largest absolute Gasteiger partial charge is 0.334 e. The van der Waals surface area contributed by atoms with Gasteiger partial charge in [-0.1, -0.05) is 31.0 Å². The van der Waals surface area contributed by atoms with Crippen molar-refractivity contribution in [3.8, 4) is 0 Å². The van der Waals surface area contributed by atoms with Crippen LogP contribution in [0.5, 0.6) is 0 Å². The minimum Gasteiger partial charge on any atom is -0.334 e. The van der Waals surface area contributed by atoms with Gasteiger partial charge in [-0.05, 0) is 50.2 Å². The molecule has 3 N–H and O–H groups in total. The van der Waals surface area contributed by atoms with Crippen molar-refractivity contribution in [3.05, 3.63) is 29.8 Å². The van der Waals surface area contributed by atoms with Crippen molar-refractivity contribution in [2.24, 2.45) is 17.6 Å². The molecule has 0 aromatic heterocycles. The van der Waals surface area contributed by atoms with Gasteiger partial charge in [0.25, 0.3) is 0 Å². The lowest BCUT2D eigenvalue weighted by molar-refractivity contribution is -0.136. The summed E-state index contributed by atoms with van der Waals surface area (Å²) in [6.45, 7) is 0.537. The number of nitrogens with zero attached hydrogens (tertiary/aromatic N) is 1. The molecular formula is C21H29N3O2. The van der Waals surface area contributed by atoms with Crippen LogP contribution in [0, 0.1) is 11.8 Å². The van der Waals surface area contributed by atoms with Gasteiger partial charge in [-0.25, -0.2) is 0 Å². The first-order chi connectivity index (χ1) is 12.6. The average molecular weight is 355 g/mol. The van der Waals surface area contributed by atoms with E-state index in [1.54, 1.807) is 0 Å². The van der Waals surface area contributed by atoms with Crippen LogP contribution in [0.2, 0.25) is 0 Å². The van der Waals surface area contributed by atoms with E-state index in [-0.39, 0.29) is 35.7 Å². The third-order valence-corrected chi connectivity index (χ3v) is 5.96. The van der Waals surface area contributed by atoms with Gasteiger partial charge in [0, 0.05) is 36.2 Å². The summed E-state index contributed by atoms with van der Waals surface area (Å²) in [6, 6.07) is 8.04. The number of carbonyl (C=O) groups excluding carboxylic acids is 2. The predicted octanol–water partition coefficient (Wildman–Crippen LogP) is 3.04. The minimum absolute atomic E-state index is 0.0552.